The SMILES string of the molecule is C#CCN1C(=O)CCC(CCCCC)C1=O. The highest BCUT2D eigenvalue weighted by atomic mass is 16.2. The number of rotatable bonds is 5. The van der Waals surface area contributed by atoms with Crippen LogP contribution in [0.25, 0.3) is 0 Å². The van der Waals surface area contributed by atoms with E-state index in [2.05, 4.69) is 12.8 Å². The molecule has 0 spiro atoms. The molecule has 0 saturated carbocycles. The Balaban J connectivity index is 2.52. The van der Waals surface area contributed by atoms with Crippen molar-refractivity contribution < 1.29 is 9.59 Å². The highest BCUT2D eigenvalue weighted by Gasteiger charge is 2.32. The molecule has 0 N–H and O–H groups in total. The fourth-order valence-corrected chi connectivity index (χ4v) is 2.07. The van der Waals surface area contributed by atoms with Crippen molar-refractivity contribution >= 4 is 11.8 Å². The Bertz CT molecular complexity index is 304. The Labute approximate surface area is 97.2 Å². The number of amides is 2. The zero-order valence-corrected chi connectivity index (χ0v) is 9.87. The largest absolute Gasteiger partial charge is 0.274 e. The van der Waals surface area contributed by atoms with Crippen LogP contribution in [0.4, 0.5) is 0 Å². The van der Waals surface area contributed by atoms with Crippen molar-refractivity contribution in [3.63, 3.8) is 0 Å². The van der Waals surface area contributed by atoms with E-state index in [-0.39, 0.29) is 24.3 Å². The Morgan fingerprint density at radius 3 is 2.81 bits per heavy atom. The highest BCUT2D eigenvalue weighted by molar-refractivity contribution is 5.99. The van der Waals surface area contributed by atoms with Crippen LogP contribution in [0.1, 0.15) is 45.4 Å². The Hall–Kier alpha value is -1.30. The minimum Gasteiger partial charge on any atom is -0.274 e. The summed E-state index contributed by atoms with van der Waals surface area (Å²) >= 11 is 0. The van der Waals surface area contributed by atoms with Gasteiger partial charge in [0, 0.05) is 12.3 Å². The number of hydrogen-bond donors (Lipinski definition) is 0. The second kappa shape index (κ2) is 6.32. The van der Waals surface area contributed by atoms with E-state index < -0.39 is 0 Å². The summed E-state index contributed by atoms with van der Waals surface area (Å²) in [5.74, 6) is 2.20. The second-order valence-electron chi connectivity index (χ2n) is 4.25. The molecule has 3 heteroatoms. The molecule has 0 bridgehead atoms. The summed E-state index contributed by atoms with van der Waals surface area (Å²) in [6.07, 6.45) is 10.6. The highest BCUT2D eigenvalue weighted by Crippen LogP contribution is 2.23. The molecule has 2 amide bonds. The molecule has 0 aromatic carbocycles. The van der Waals surface area contributed by atoms with Crippen LogP contribution in [0, 0.1) is 18.3 Å². The molecule has 1 heterocycles. The number of piperidine rings is 1. The van der Waals surface area contributed by atoms with Gasteiger partial charge in [0.05, 0.1) is 6.54 Å². The maximum atomic E-state index is 11.9. The molecule has 16 heavy (non-hydrogen) atoms. The molecule has 1 atom stereocenters. The molecule has 0 radical (unpaired) electrons. The smallest absolute Gasteiger partial charge is 0.233 e. The summed E-state index contributed by atoms with van der Waals surface area (Å²) in [5, 5.41) is 0. The average Bonchev–Trinajstić information content (AvgIpc) is 2.28. The summed E-state index contributed by atoms with van der Waals surface area (Å²) < 4.78 is 0. The number of carbonyl (C=O) groups excluding carboxylic acids is 2. The van der Waals surface area contributed by atoms with Crippen molar-refractivity contribution in [1.82, 2.24) is 4.90 Å². The van der Waals surface area contributed by atoms with Gasteiger partial charge in [-0.25, -0.2) is 0 Å². The van der Waals surface area contributed by atoms with Crippen LogP contribution in [0.5, 0.6) is 0 Å². The van der Waals surface area contributed by atoms with Crippen molar-refractivity contribution in [3.8, 4) is 12.3 Å². The molecule has 1 rings (SSSR count). The molecule has 88 valence electrons. The summed E-state index contributed by atoms with van der Waals surface area (Å²) in [5.41, 5.74) is 0. The predicted molar refractivity (Wildman–Crippen MR) is 62.4 cm³/mol. The first-order chi connectivity index (χ1) is 7.70. The standard InChI is InChI=1S/C13H19NO2/c1-3-5-6-7-11-8-9-12(15)14(10-4-2)13(11)16/h2,11H,3,5-10H2,1H3. The first-order valence-corrected chi connectivity index (χ1v) is 5.98. The van der Waals surface area contributed by atoms with Gasteiger partial charge in [0.15, 0.2) is 0 Å². The van der Waals surface area contributed by atoms with Crippen LogP contribution in [-0.4, -0.2) is 23.3 Å². The second-order valence-corrected chi connectivity index (χ2v) is 4.25. The Kier molecular flexibility index (Phi) is 5.04. The van der Waals surface area contributed by atoms with Gasteiger partial charge in [-0.15, -0.1) is 6.42 Å². The van der Waals surface area contributed by atoms with E-state index >= 15 is 0 Å². The molecule has 1 aliphatic heterocycles. The first kappa shape index (κ1) is 12.8. The topological polar surface area (TPSA) is 37.4 Å². The van der Waals surface area contributed by atoms with Gasteiger partial charge >= 0.3 is 0 Å². The summed E-state index contributed by atoms with van der Waals surface area (Å²) in [6.45, 7) is 2.26. The van der Waals surface area contributed by atoms with Gasteiger partial charge in [-0.3, -0.25) is 14.5 Å². The van der Waals surface area contributed by atoms with E-state index in [1.54, 1.807) is 0 Å². The maximum absolute atomic E-state index is 11.9. The fourth-order valence-electron chi connectivity index (χ4n) is 2.07. The van der Waals surface area contributed by atoms with E-state index in [0.29, 0.717) is 12.8 Å². The average molecular weight is 221 g/mol. The van der Waals surface area contributed by atoms with Crippen molar-refractivity contribution in [3.05, 3.63) is 0 Å². The van der Waals surface area contributed by atoms with Crippen LogP contribution in [-0.2, 0) is 9.59 Å². The number of nitrogens with zero attached hydrogens (tertiary/aromatic N) is 1. The van der Waals surface area contributed by atoms with Crippen molar-refractivity contribution in [1.29, 1.82) is 0 Å². The molecule has 1 fully saturated rings. The summed E-state index contributed by atoms with van der Waals surface area (Å²) in [7, 11) is 0. The lowest BCUT2D eigenvalue weighted by molar-refractivity contribution is -0.151. The molecular formula is C13H19NO2. The van der Waals surface area contributed by atoms with E-state index in [1.165, 1.54) is 4.90 Å². The van der Waals surface area contributed by atoms with Crippen molar-refractivity contribution in [2.75, 3.05) is 6.54 Å². The Morgan fingerprint density at radius 1 is 1.44 bits per heavy atom. The van der Waals surface area contributed by atoms with E-state index in [1.807, 2.05) is 0 Å². The molecular weight excluding hydrogens is 202 g/mol. The summed E-state index contributed by atoms with van der Waals surface area (Å²) in [6, 6.07) is 0. The molecule has 1 saturated heterocycles. The maximum Gasteiger partial charge on any atom is 0.233 e. The van der Waals surface area contributed by atoms with Gasteiger partial charge in [0.2, 0.25) is 11.8 Å². The molecule has 0 aromatic rings. The molecule has 0 aliphatic carbocycles. The molecule has 3 nitrogen and oxygen atoms in total. The minimum atomic E-state index is -0.116. The van der Waals surface area contributed by atoms with Crippen molar-refractivity contribution in [2.45, 2.75) is 45.4 Å². The minimum absolute atomic E-state index is 0.0117. The van der Waals surface area contributed by atoms with Gasteiger partial charge in [-0.2, -0.15) is 0 Å². The number of hydrogen-bond acceptors (Lipinski definition) is 2. The molecule has 1 aliphatic rings. The van der Waals surface area contributed by atoms with E-state index in [0.717, 1.165) is 25.7 Å². The third-order valence-electron chi connectivity index (χ3n) is 3.03. The van der Waals surface area contributed by atoms with Gasteiger partial charge in [-0.1, -0.05) is 32.1 Å². The number of terminal acetylenes is 1. The van der Waals surface area contributed by atoms with Crippen LogP contribution in [0.3, 0.4) is 0 Å². The van der Waals surface area contributed by atoms with Gasteiger partial charge in [0.25, 0.3) is 0 Å². The van der Waals surface area contributed by atoms with E-state index in [9.17, 15) is 9.59 Å². The number of likely N-dealkylation sites (tertiary alicyclic amines) is 1. The number of unbranched alkanes of at least 4 members (excludes halogenated alkanes) is 2. The van der Waals surface area contributed by atoms with Crippen LogP contribution in [0.2, 0.25) is 0 Å². The summed E-state index contributed by atoms with van der Waals surface area (Å²) in [4.78, 5) is 24.6. The lowest BCUT2D eigenvalue weighted by atomic mass is 9.91. The van der Waals surface area contributed by atoms with Gasteiger partial charge in [0.1, 0.15) is 0 Å². The lowest BCUT2D eigenvalue weighted by Crippen LogP contribution is -2.45. The van der Waals surface area contributed by atoms with Gasteiger partial charge in [-0.05, 0) is 12.8 Å². The molecule has 0 aromatic heterocycles. The fraction of sp³-hybridized carbons (Fsp3) is 0.692. The monoisotopic (exact) mass is 221 g/mol. The predicted octanol–water partition coefficient (Wildman–Crippen LogP) is 1.97. The quantitative estimate of drug-likeness (QED) is 0.404. The van der Waals surface area contributed by atoms with Gasteiger partial charge < -0.3 is 0 Å². The van der Waals surface area contributed by atoms with Crippen LogP contribution in [0.15, 0.2) is 0 Å². The Morgan fingerprint density at radius 2 is 2.19 bits per heavy atom. The number of carbonyl (C=O) groups is 2. The van der Waals surface area contributed by atoms with Crippen LogP contribution >= 0.6 is 0 Å². The molecule has 1 unspecified atom stereocenters. The zero-order chi connectivity index (χ0) is 12.0. The third kappa shape index (κ3) is 3.10. The van der Waals surface area contributed by atoms with E-state index in [4.69, 9.17) is 6.42 Å². The van der Waals surface area contributed by atoms with Crippen molar-refractivity contribution in [2.24, 2.45) is 5.92 Å². The number of imide groups is 1. The lowest BCUT2D eigenvalue weighted by Gasteiger charge is -2.29. The van der Waals surface area contributed by atoms with Crippen LogP contribution < -0.4 is 0 Å². The first-order valence-electron chi connectivity index (χ1n) is 5.98. The third-order valence-corrected chi connectivity index (χ3v) is 3.03. The zero-order valence-electron chi connectivity index (χ0n) is 9.87. The normalized spacial score (nSPS) is 21.0.